The van der Waals surface area contributed by atoms with Gasteiger partial charge in [-0.15, -0.1) is 0 Å². The third kappa shape index (κ3) is 5.40. The summed E-state index contributed by atoms with van der Waals surface area (Å²) in [5, 5.41) is 0.737. The molecule has 1 fully saturated rings. The molecule has 1 saturated heterocycles. The number of amides is 1. The molecule has 5 heteroatoms. The summed E-state index contributed by atoms with van der Waals surface area (Å²) in [6.07, 6.45) is 3.43. The fourth-order valence-corrected chi connectivity index (χ4v) is 3.06. The highest BCUT2D eigenvalue weighted by Gasteiger charge is 2.25. The van der Waals surface area contributed by atoms with Crippen molar-refractivity contribution in [3.63, 3.8) is 0 Å². The van der Waals surface area contributed by atoms with E-state index in [0.29, 0.717) is 18.9 Å². The summed E-state index contributed by atoms with van der Waals surface area (Å²) in [5.41, 5.74) is 6.97. The van der Waals surface area contributed by atoms with Crippen molar-refractivity contribution < 1.29 is 9.53 Å². The van der Waals surface area contributed by atoms with Crippen molar-refractivity contribution >= 4 is 17.5 Å². The summed E-state index contributed by atoms with van der Waals surface area (Å²) >= 11 is 5.99. The van der Waals surface area contributed by atoms with Crippen LogP contribution in [0.4, 0.5) is 0 Å². The molecule has 23 heavy (non-hydrogen) atoms. The minimum atomic E-state index is 0.155. The number of carbonyl (C=O) groups is 1. The zero-order chi connectivity index (χ0) is 16.8. The summed E-state index contributed by atoms with van der Waals surface area (Å²) in [5.74, 6) is 1.45. The molecule has 0 spiro atoms. The summed E-state index contributed by atoms with van der Waals surface area (Å²) in [6.45, 7) is 6.18. The quantitative estimate of drug-likeness (QED) is 0.809. The Labute approximate surface area is 143 Å². The van der Waals surface area contributed by atoms with Crippen LogP contribution < -0.4 is 10.5 Å². The maximum atomic E-state index is 12.3. The van der Waals surface area contributed by atoms with Gasteiger partial charge < -0.3 is 15.4 Å². The molecule has 1 aromatic carbocycles. The van der Waals surface area contributed by atoms with Crippen molar-refractivity contribution in [2.45, 2.75) is 45.6 Å². The molecule has 4 nitrogen and oxygen atoms in total. The van der Waals surface area contributed by atoms with E-state index < -0.39 is 0 Å². The number of aryl methyl sites for hydroxylation is 1. The molecule has 0 aliphatic carbocycles. The first-order chi connectivity index (χ1) is 11.0. The van der Waals surface area contributed by atoms with Gasteiger partial charge in [0.1, 0.15) is 5.75 Å². The predicted octanol–water partition coefficient (Wildman–Crippen LogP) is 3.39. The van der Waals surface area contributed by atoms with Crippen LogP contribution in [0.5, 0.6) is 5.75 Å². The number of hydrogen-bond acceptors (Lipinski definition) is 3. The van der Waals surface area contributed by atoms with Crippen molar-refractivity contribution in [2.75, 3.05) is 19.7 Å². The van der Waals surface area contributed by atoms with Gasteiger partial charge in [-0.3, -0.25) is 4.79 Å². The van der Waals surface area contributed by atoms with E-state index in [9.17, 15) is 4.79 Å². The van der Waals surface area contributed by atoms with Crippen LogP contribution in [0.2, 0.25) is 5.02 Å². The number of ether oxygens (including phenoxy) is 1. The third-order valence-corrected chi connectivity index (χ3v) is 4.91. The maximum Gasteiger partial charge on any atom is 0.222 e. The van der Waals surface area contributed by atoms with E-state index in [4.69, 9.17) is 22.1 Å². The normalized spacial score (nSPS) is 19.5. The van der Waals surface area contributed by atoms with Gasteiger partial charge in [0.2, 0.25) is 5.91 Å². The molecule has 1 aliphatic rings. The van der Waals surface area contributed by atoms with Gasteiger partial charge in [0.15, 0.2) is 0 Å². The largest absolute Gasteiger partial charge is 0.494 e. The number of hydrogen-bond donors (Lipinski definition) is 1. The van der Waals surface area contributed by atoms with Crippen molar-refractivity contribution in [1.29, 1.82) is 0 Å². The van der Waals surface area contributed by atoms with Gasteiger partial charge in [0.05, 0.1) is 6.61 Å². The molecule has 0 saturated carbocycles. The van der Waals surface area contributed by atoms with E-state index in [1.807, 2.05) is 36.9 Å². The Morgan fingerprint density at radius 1 is 1.52 bits per heavy atom. The van der Waals surface area contributed by atoms with E-state index in [0.717, 1.165) is 48.7 Å². The lowest BCUT2D eigenvalue weighted by Gasteiger charge is -2.34. The second-order valence-corrected chi connectivity index (χ2v) is 6.87. The monoisotopic (exact) mass is 338 g/mol. The lowest BCUT2D eigenvalue weighted by molar-refractivity contribution is -0.133. The first kappa shape index (κ1) is 18.1. The Hall–Kier alpha value is -1.26. The summed E-state index contributed by atoms with van der Waals surface area (Å²) in [4.78, 5) is 14.3. The Morgan fingerprint density at radius 2 is 2.30 bits per heavy atom. The standard InChI is InChI=1S/C18H27ClN2O2/c1-13-11-16(7-8-17(13)19)23-10-4-6-18(22)21-9-3-5-15(12-21)14(2)20/h7-8,11,14-15H,3-6,9-10,12,20H2,1-2H3. The van der Waals surface area contributed by atoms with Gasteiger partial charge in [0.25, 0.3) is 0 Å². The fourth-order valence-electron chi connectivity index (χ4n) is 2.94. The topological polar surface area (TPSA) is 55.6 Å². The molecule has 2 rings (SSSR count). The fraction of sp³-hybridized carbons (Fsp3) is 0.611. The van der Waals surface area contributed by atoms with Crippen LogP contribution in [0, 0.1) is 12.8 Å². The van der Waals surface area contributed by atoms with Crippen LogP contribution in [-0.2, 0) is 4.79 Å². The first-order valence-corrected chi connectivity index (χ1v) is 8.77. The molecule has 0 bridgehead atoms. The maximum absolute atomic E-state index is 12.3. The van der Waals surface area contributed by atoms with Crippen LogP contribution >= 0.6 is 11.6 Å². The number of benzene rings is 1. The van der Waals surface area contributed by atoms with Crippen molar-refractivity contribution in [1.82, 2.24) is 4.90 Å². The smallest absolute Gasteiger partial charge is 0.222 e. The number of likely N-dealkylation sites (tertiary alicyclic amines) is 1. The average molecular weight is 339 g/mol. The molecule has 1 aliphatic heterocycles. The van der Waals surface area contributed by atoms with E-state index in [2.05, 4.69) is 0 Å². The number of nitrogens with two attached hydrogens (primary N) is 1. The number of carbonyl (C=O) groups excluding carboxylic acids is 1. The second-order valence-electron chi connectivity index (χ2n) is 6.46. The highest BCUT2D eigenvalue weighted by Crippen LogP contribution is 2.22. The minimum Gasteiger partial charge on any atom is -0.494 e. The second kappa shape index (κ2) is 8.55. The van der Waals surface area contributed by atoms with E-state index >= 15 is 0 Å². The molecule has 2 unspecified atom stereocenters. The number of halogens is 1. The van der Waals surface area contributed by atoms with Gasteiger partial charge in [-0.05, 0) is 62.8 Å². The number of rotatable bonds is 6. The zero-order valence-corrected chi connectivity index (χ0v) is 14.8. The van der Waals surface area contributed by atoms with Crippen LogP contribution in [0.25, 0.3) is 0 Å². The molecule has 1 amide bonds. The Kier molecular flexibility index (Phi) is 6.72. The molecule has 1 heterocycles. The first-order valence-electron chi connectivity index (χ1n) is 8.39. The van der Waals surface area contributed by atoms with E-state index in [-0.39, 0.29) is 11.9 Å². The lowest BCUT2D eigenvalue weighted by atomic mass is 9.92. The minimum absolute atomic E-state index is 0.155. The van der Waals surface area contributed by atoms with Crippen LogP contribution in [0.3, 0.4) is 0 Å². The van der Waals surface area contributed by atoms with Crippen molar-refractivity contribution in [2.24, 2.45) is 11.7 Å². The Balaban J connectivity index is 1.71. The predicted molar refractivity (Wildman–Crippen MR) is 93.9 cm³/mol. The SMILES string of the molecule is Cc1cc(OCCCC(=O)N2CCCC(C(C)N)C2)ccc1Cl. The zero-order valence-electron chi connectivity index (χ0n) is 14.1. The molecule has 2 N–H and O–H groups in total. The molecule has 128 valence electrons. The van der Waals surface area contributed by atoms with E-state index in [1.165, 1.54) is 0 Å². The number of piperidine rings is 1. The summed E-state index contributed by atoms with van der Waals surface area (Å²) in [6, 6.07) is 5.76. The molecular weight excluding hydrogens is 312 g/mol. The van der Waals surface area contributed by atoms with Crippen molar-refractivity contribution in [3.8, 4) is 5.75 Å². The highest BCUT2D eigenvalue weighted by atomic mass is 35.5. The van der Waals surface area contributed by atoms with Crippen LogP contribution in [-0.4, -0.2) is 36.5 Å². The summed E-state index contributed by atoms with van der Waals surface area (Å²) in [7, 11) is 0. The molecule has 2 atom stereocenters. The van der Waals surface area contributed by atoms with Crippen LogP contribution in [0.15, 0.2) is 18.2 Å². The van der Waals surface area contributed by atoms with E-state index in [1.54, 1.807) is 0 Å². The van der Waals surface area contributed by atoms with Crippen molar-refractivity contribution in [3.05, 3.63) is 28.8 Å². The molecule has 0 aromatic heterocycles. The van der Waals surface area contributed by atoms with Gasteiger partial charge in [0, 0.05) is 30.6 Å². The Bertz CT molecular complexity index is 534. The molecule has 0 radical (unpaired) electrons. The highest BCUT2D eigenvalue weighted by molar-refractivity contribution is 6.31. The molecular formula is C18H27ClN2O2. The summed E-state index contributed by atoms with van der Waals surface area (Å²) < 4.78 is 5.69. The molecule has 1 aromatic rings. The van der Waals surface area contributed by atoms with Gasteiger partial charge in [-0.25, -0.2) is 0 Å². The van der Waals surface area contributed by atoms with Gasteiger partial charge in [-0.2, -0.15) is 0 Å². The van der Waals surface area contributed by atoms with Gasteiger partial charge in [-0.1, -0.05) is 11.6 Å². The van der Waals surface area contributed by atoms with Crippen LogP contribution in [0.1, 0.15) is 38.2 Å². The lowest BCUT2D eigenvalue weighted by Crippen LogP contribution is -2.45. The average Bonchev–Trinajstić information content (AvgIpc) is 2.54. The van der Waals surface area contributed by atoms with Gasteiger partial charge >= 0.3 is 0 Å². The third-order valence-electron chi connectivity index (χ3n) is 4.49. The number of nitrogens with zero attached hydrogens (tertiary/aromatic N) is 1. The Morgan fingerprint density at radius 3 is 3.00 bits per heavy atom.